The number of halogens is 1. The number of ether oxygens (including phenoxy) is 1. The Hall–Kier alpha value is -2.16. The van der Waals surface area contributed by atoms with Gasteiger partial charge in [0.1, 0.15) is 5.56 Å². The van der Waals surface area contributed by atoms with E-state index < -0.39 is 11.4 Å². The van der Waals surface area contributed by atoms with E-state index in [0.717, 1.165) is 36.2 Å². The van der Waals surface area contributed by atoms with E-state index in [1.54, 1.807) is 24.5 Å². The summed E-state index contributed by atoms with van der Waals surface area (Å²) in [6, 6.07) is 6.38. The molecule has 0 amide bonds. The topological polar surface area (TPSA) is 80.6 Å². The number of nitrogens with zero attached hydrogens (tertiary/aromatic N) is 1. The normalized spacial score (nSPS) is 18.0. The number of fused-ring (bicyclic) bond motifs is 2. The first-order valence-electron chi connectivity index (χ1n) is 9.85. The molecule has 8 heteroatoms. The highest BCUT2D eigenvalue weighted by Crippen LogP contribution is 2.45. The van der Waals surface area contributed by atoms with Gasteiger partial charge in [0, 0.05) is 40.1 Å². The van der Waals surface area contributed by atoms with Crippen molar-refractivity contribution in [2.75, 3.05) is 13.7 Å². The van der Waals surface area contributed by atoms with Crippen molar-refractivity contribution in [2.45, 2.75) is 38.3 Å². The molecule has 1 atom stereocenters. The second-order valence-electron chi connectivity index (χ2n) is 7.77. The van der Waals surface area contributed by atoms with Gasteiger partial charge in [0.25, 0.3) is 0 Å². The molecule has 1 unspecified atom stereocenters. The molecule has 3 heterocycles. The van der Waals surface area contributed by atoms with E-state index in [1.807, 2.05) is 10.6 Å². The Balaban J connectivity index is 0.00000218. The molecular formula is C22H23BrN2O4S. The van der Waals surface area contributed by atoms with Gasteiger partial charge in [0.05, 0.1) is 18.0 Å². The number of nitrogens with one attached hydrogen (secondary N) is 1. The highest BCUT2D eigenvalue weighted by atomic mass is 79.9. The molecule has 1 aromatic carbocycles. The number of aromatic carboxylic acids is 1. The molecular weight excluding hydrogens is 468 g/mol. The minimum atomic E-state index is -1.19. The molecule has 2 aliphatic rings. The van der Waals surface area contributed by atoms with Crippen LogP contribution in [-0.4, -0.2) is 29.3 Å². The Bertz CT molecular complexity index is 1210. The number of aromatic nitrogens is 1. The van der Waals surface area contributed by atoms with Crippen LogP contribution in [0.25, 0.3) is 21.3 Å². The third-order valence-corrected chi connectivity index (χ3v) is 7.14. The Kier molecular flexibility index (Phi) is 5.50. The zero-order valence-electron chi connectivity index (χ0n) is 16.7. The Labute approximate surface area is 188 Å². The van der Waals surface area contributed by atoms with Crippen LogP contribution in [0.5, 0.6) is 5.75 Å². The lowest BCUT2D eigenvalue weighted by molar-refractivity contribution is 0.0695. The van der Waals surface area contributed by atoms with E-state index in [9.17, 15) is 14.7 Å². The number of carbonyl (C=O) groups is 1. The van der Waals surface area contributed by atoms with Gasteiger partial charge in [-0.3, -0.25) is 4.79 Å². The predicted molar refractivity (Wildman–Crippen MR) is 124 cm³/mol. The Morgan fingerprint density at radius 2 is 2.10 bits per heavy atom. The maximum Gasteiger partial charge on any atom is 0.341 e. The Morgan fingerprint density at radius 1 is 1.33 bits per heavy atom. The summed E-state index contributed by atoms with van der Waals surface area (Å²) in [6.45, 7) is 3.15. The van der Waals surface area contributed by atoms with Crippen molar-refractivity contribution in [3.8, 4) is 16.2 Å². The largest absolute Gasteiger partial charge is 0.494 e. The molecule has 1 aliphatic heterocycles. The SMILES string of the molecule is Br.COc1c(-c2cc3c(s2)CCNC3C)ccc2c(=O)c(C(=O)O)cn(C3CC3)c12. The van der Waals surface area contributed by atoms with Crippen molar-refractivity contribution in [3.63, 3.8) is 0 Å². The van der Waals surface area contributed by atoms with E-state index in [2.05, 4.69) is 18.3 Å². The lowest BCUT2D eigenvalue weighted by Gasteiger charge is -2.19. The van der Waals surface area contributed by atoms with Crippen LogP contribution < -0.4 is 15.5 Å². The monoisotopic (exact) mass is 490 g/mol. The van der Waals surface area contributed by atoms with Crippen LogP contribution in [0.3, 0.4) is 0 Å². The highest BCUT2D eigenvalue weighted by Gasteiger charge is 2.29. The summed E-state index contributed by atoms with van der Waals surface area (Å²) in [7, 11) is 1.61. The standard InChI is InChI=1S/C22H22N2O4S.BrH/c1-11-15-9-18(29-17(15)7-8-23-11)13-5-6-14-19(21(13)28-2)24(12-3-4-12)10-16(20(14)25)22(26)27;/h5-6,9-12,23H,3-4,7-8H2,1-2H3,(H,26,27);1H. The number of carboxylic acid groups (broad SMARTS) is 1. The first kappa shape index (κ1) is 21.1. The van der Waals surface area contributed by atoms with Crippen LogP contribution in [0.15, 0.2) is 29.2 Å². The summed E-state index contributed by atoms with van der Waals surface area (Å²) < 4.78 is 7.76. The number of pyridine rings is 1. The van der Waals surface area contributed by atoms with Crippen LogP contribution in [0.2, 0.25) is 0 Å². The van der Waals surface area contributed by atoms with Crippen molar-refractivity contribution < 1.29 is 14.6 Å². The lowest BCUT2D eigenvalue weighted by Crippen LogP contribution is -2.26. The van der Waals surface area contributed by atoms with Crippen LogP contribution in [0.4, 0.5) is 0 Å². The van der Waals surface area contributed by atoms with Crippen molar-refractivity contribution in [3.05, 3.63) is 50.6 Å². The molecule has 1 aliphatic carbocycles. The number of hydrogen-bond donors (Lipinski definition) is 2. The third-order valence-electron chi connectivity index (χ3n) is 5.90. The summed E-state index contributed by atoms with van der Waals surface area (Å²) in [5, 5.41) is 13.4. The van der Waals surface area contributed by atoms with Crippen molar-refractivity contribution >= 4 is 45.2 Å². The van der Waals surface area contributed by atoms with Crippen LogP contribution in [-0.2, 0) is 6.42 Å². The van der Waals surface area contributed by atoms with Crippen LogP contribution >= 0.6 is 28.3 Å². The second kappa shape index (κ2) is 7.83. The fourth-order valence-electron chi connectivity index (χ4n) is 4.26. The molecule has 0 bridgehead atoms. The summed E-state index contributed by atoms with van der Waals surface area (Å²) in [5.74, 6) is -0.551. The average molecular weight is 491 g/mol. The van der Waals surface area contributed by atoms with Gasteiger partial charge in [-0.1, -0.05) is 0 Å². The maximum absolute atomic E-state index is 12.8. The highest BCUT2D eigenvalue weighted by molar-refractivity contribution is 8.93. The smallest absolute Gasteiger partial charge is 0.341 e. The van der Waals surface area contributed by atoms with E-state index in [-0.39, 0.29) is 28.6 Å². The first-order valence-corrected chi connectivity index (χ1v) is 10.7. The van der Waals surface area contributed by atoms with Gasteiger partial charge in [0.15, 0.2) is 5.75 Å². The quantitative estimate of drug-likeness (QED) is 0.560. The zero-order chi connectivity index (χ0) is 20.3. The number of rotatable bonds is 4. The van der Waals surface area contributed by atoms with Crippen molar-refractivity contribution in [2.24, 2.45) is 0 Å². The number of hydrogen-bond acceptors (Lipinski definition) is 5. The zero-order valence-corrected chi connectivity index (χ0v) is 19.3. The van der Waals surface area contributed by atoms with Gasteiger partial charge in [0.2, 0.25) is 5.43 Å². The van der Waals surface area contributed by atoms with Gasteiger partial charge in [-0.15, -0.1) is 28.3 Å². The molecule has 158 valence electrons. The molecule has 2 N–H and O–H groups in total. The van der Waals surface area contributed by atoms with E-state index >= 15 is 0 Å². The summed E-state index contributed by atoms with van der Waals surface area (Å²) in [6.07, 6.45) is 4.44. The average Bonchev–Trinajstić information content (AvgIpc) is 3.45. The van der Waals surface area contributed by atoms with E-state index in [4.69, 9.17) is 4.74 Å². The lowest BCUT2D eigenvalue weighted by atomic mass is 10.0. The summed E-state index contributed by atoms with van der Waals surface area (Å²) in [4.78, 5) is 26.9. The number of benzene rings is 1. The van der Waals surface area contributed by atoms with E-state index in [0.29, 0.717) is 22.7 Å². The molecule has 3 aromatic rings. The predicted octanol–water partition coefficient (Wildman–Crippen LogP) is 4.56. The van der Waals surface area contributed by atoms with Crippen molar-refractivity contribution in [1.29, 1.82) is 0 Å². The first-order chi connectivity index (χ1) is 14.0. The number of methoxy groups -OCH3 is 1. The number of carboxylic acids is 1. The second-order valence-corrected chi connectivity index (χ2v) is 8.91. The molecule has 30 heavy (non-hydrogen) atoms. The molecule has 0 spiro atoms. The van der Waals surface area contributed by atoms with Crippen LogP contribution in [0.1, 0.15) is 52.6 Å². The van der Waals surface area contributed by atoms with Gasteiger partial charge >= 0.3 is 5.97 Å². The maximum atomic E-state index is 12.8. The number of thiophene rings is 1. The minimum Gasteiger partial charge on any atom is -0.494 e. The summed E-state index contributed by atoms with van der Waals surface area (Å²) >= 11 is 1.77. The molecule has 1 fully saturated rings. The van der Waals surface area contributed by atoms with Gasteiger partial charge < -0.3 is 19.7 Å². The molecule has 6 nitrogen and oxygen atoms in total. The third kappa shape index (κ3) is 3.27. The van der Waals surface area contributed by atoms with Crippen LogP contribution in [0, 0.1) is 0 Å². The summed E-state index contributed by atoms with van der Waals surface area (Å²) in [5.41, 5.74) is 2.31. The molecule has 2 aromatic heterocycles. The minimum absolute atomic E-state index is 0. The van der Waals surface area contributed by atoms with Crippen molar-refractivity contribution in [1.82, 2.24) is 9.88 Å². The molecule has 0 radical (unpaired) electrons. The fraction of sp³-hybridized carbons (Fsp3) is 0.364. The van der Waals surface area contributed by atoms with Gasteiger partial charge in [-0.2, -0.15) is 0 Å². The fourth-order valence-corrected chi connectivity index (χ4v) is 5.54. The molecule has 0 saturated heterocycles. The van der Waals surface area contributed by atoms with Gasteiger partial charge in [-0.05, 0) is 49.9 Å². The van der Waals surface area contributed by atoms with E-state index in [1.165, 1.54) is 16.6 Å². The van der Waals surface area contributed by atoms with Gasteiger partial charge in [-0.25, -0.2) is 4.79 Å². The Morgan fingerprint density at radius 3 is 2.73 bits per heavy atom. The molecule has 5 rings (SSSR count). The molecule has 1 saturated carbocycles.